The van der Waals surface area contributed by atoms with E-state index < -0.39 is 0 Å². The first-order chi connectivity index (χ1) is 9.58. The third kappa shape index (κ3) is 5.27. The standard InChI is InChI=1S/C14H18O6/c1-18-13(16)8-10-5-11(9-14(17)19-2)7-12(6-10)20-4-3-15/h5-7,15H,3-4,8-9H2,1-2H3. The Hall–Kier alpha value is -2.08. The van der Waals surface area contributed by atoms with Gasteiger partial charge in [-0.1, -0.05) is 6.07 Å². The third-order valence-electron chi connectivity index (χ3n) is 2.54. The Balaban J connectivity index is 2.94. The van der Waals surface area contributed by atoms with Gasteiger partial charge in [0.15, 0.2) is 0 Å². The maximum atomic E-state index is 11.3. The van der Waals surface area contributed by atoms with E-state index in [0.29, 0.717) is 16.9 Å². The average Bonchev–Trinajstić information content (AvgIpc) is 2.44. The van der Waals surface area contributed by atoms with Gasteiger partial charge in [0.05, 0.1) is 33.7 Å². The van der Waals surface area contributed by atoms with Gasteiger partial charge in [-0.2, -0.15) is 0 Å². The Morgan fingerprint density at radius 3 is 1.90 bits per heavy atom. The second kappa shape index (κ2) is 8.16. The number of carbonyl (C=O) groups excluding carboxylic acids is 2. The predicted molar refractivity (Wildman–Crippen MR) is 70.5 cm³/mol. The molecular formula is C14H18O6. The van der Waals surface area contributed by atoms with Crippen LogP contribution in [0.5, 0.6) is 5.75 Å². The number of hydrogen-bond acceptors (Lipinski definition) is 6. The molecule has 0 saturated heterocycles. The molecule has 0 aliphatic carbocycles. The van der Waals surface area contributed by atoms with Crippen molar-refractivity contribution < 1.29 is 28.9 Å². The van der Waals surface area contributed by atoms with Crippen molar-refractivity contribution in [3.8, 4) is 5.75 Å². The molecule has 0 fully saturated rings. The molecule has 0 aliphatic heterocycles. The van der Waals surface area contributed by atoms with Crippen LogP contribution in [0.1, 0.15) is 11.1 Å². The summed E-state index contributed by atoms with van der Waals surface area (Å²) in [5, 5.41) is 8.76. The van der Waals surface area contributed by atoms with Crippen LogP contribution in [0, 0.1) is 0 Å². The number of carbonyl (C=O) groups is 2. The molecule has 6 nitrogen and oxygen atoms in total. The summed E-state index contributed by atoms with van der Waals surface area (Å²) in [6.07, 6.45) is 0.169. The number of benzene rings is 1. The summed E-state index contributed by atoms with van der Waals surface area (Å²) in [7, 11) is 2.62. The monoisotopic (exact) mass is 282 g/mol. The molecule has 1 aromatic carbocycles. The molecule has 0 amide bonds. The van der Waals surface area contributed by atoms with E-state index in [1.165, 1.54) is 14.2 Å². The van der Waals surface area contributed by atoms with Crippen molar-refractivity contribution in [1.29, 1.82) is 0 Å². The van der Waals surface area contributed by atoms with Crippen molar-refractivity contribution in [2.24, 2.45) is 0 Å². The smallest absolute Gasteiger partial charge is 0.309 e. The summed E-state index contributed by atoms with van der Waals surface area (Å²) in [4.78, 5) is 22.6. The molecule has 0 heterocycles. The van der Waals surface area contributed by atoms with E-state index in [1.807, 2.05) is 0 Å². The van der Waals surface area contributed by atoms with Crippen molar-refractivity contribution in [3.63, 3.8) is 0 Å². The minimum atomic E-state index is -0.381. The quantitative estimate of drug-likeness (QED) is 0.733. The molecular weight excluding hydrogens is 264 g/mol. The van der Waals surface area contributed by atoms with Gasteiger partial charge in [0.1, 0.15) is 12.4 Å². The topological polar surface area (TPSA) is 82.1 Å². The fraction of sp³-hybridized carbons (Fsp3) is 0.429. The molecule has 0 atom stereocenters. The first-order valence-corrected chi connectivity index (χ1v) is 6.09. The van der Waals surface area contributed by atoms with Crippen LogP contribution < -0.4 is 4.74 Å². The van der Waals surface area contributed by atoms with Crippen LogP contribution in [-0.2, 0) is 31.9 Å². The Morgan fingerprint density at radius 2 is 1.50 bits per heavy atom. The van der Waals surface area contributed by atoms with Crippen molar-refractivity contribution in [3.05, 3.63) is 29.3 Å². The van der Waals surface area contributed by atoms with Crippen molar-refractivity contribution in [2.75, 3.05) is 27.4 Å². The van der Waals surface area contributed by atoms with E-state index >= 15 is 0 Å². The Kier molecular flexibility index (Phi) is 6.52. The van der Waals surface area contributed by atoms with Gasteiger partial charge in [-0.25, -0.2) is 0 Å². The summed E-state index contributed by atoms with van der Waals surface area (Å²) in [5.74, 6) is -0.277. The van der Waals surface area contributed by atoms with Crippen LogP contribution in [0.15, 0.2) is 18.2 Å². The minimum absolute atomic E-state index is 0.0843. The molecule has 0 radical (unpaired) electrons. The molecule has 20 heavy (non-hydrogen) atoms. The van der Waals surface area contributed by atoms with Crippen LogP contribution in [0.3, 0.4) is 0 Å². The molecule has 1 N–H and O–H groups in total. The first kappa shape index (κ1) is 16.0. The second-order valence-corrected chi connectivity index (χ2v) is 4.06. The molecule has 0 aromatic heterocycles. The van der Waals surface area contributed by atoms with Gasteiger partial charge in [-0.3, -0.25) is 9.59 Å². The molecule has 6 heteroatoms. The fourth-order valence-electron chi connectivity index (χ4n) is 1.66. The molecule has 1 rings (SSSR count). The fourth-order valence-corrected chi connectivity index (χ4v) is 1.66. The van der Waals surface area contributed by atoms with Gasteiger partial charge in [-0.15, -0.1) is 0 Å². The lowest BCUT2D eigenvalue weighted by Gasteiger charge is -2.10. The third-order valence-corrected chi connectivity index (χ3v) is 2.54. The summed E-state index contributed by atoms with van der Waals surface area (Å²) in [6.45, 7) is 0.0207. The van der Waals surface area contributed by atoms with Crippen molar-refractivity contribution in [2.45, 2.75) is 12.8 Å². The van der Waals surface area contributed by atoms with Gasteiger partial charge in [0.2, 0.25) is 0 Å². The van der Waals surface area contributed by atoms with E-state index in [1.54, 1.807) is 18.2 Å². The lowest BCUT2D eigenvalue weighted by Crippen LogP contribution is -2.09. The van der Waals surface area contributed by atoms with Gasteiger partial charge in [0, 0.05) is 0 Å². The average molecular weight is 282 g/mol. The van der Waals surface area contributed by atoms with Crippen LogP contribution in [0.25, 0.3) is 0 Å². The van der Waals surface area contributed by atoms with Gasteiger partial charge < -0.3 is 19.3 Å². The lowest BCUT2D eigenvalue weighted by atomic mass is 10.1. The van der Waals surface area contributed by atoms with Crippen molar-refractivity contribution in [1.82, 2.24) is 0 Å². The van der Waals surface area contributed by atoms with Crippen molar-refractivity contribution >= 4 is 11.9 Å². The Labute approximate surface area is 117 Å². The number of methoxy groups -OCH3 is 2. The zero-order valence-corrected chi connectivity index (χ0v) is 11.5. The number of ether oxygens (including phenoxy) is 3. The van der Waals surface area contributed by atoms with E-state index in [0.717, 1.165) is 0 Å². The largest absolute Gasteiger partial charge is 0.491 e. The number of aliphatic hydroxyl groups is 1. The molecule has 1 aromatic rings. The summed E-state index contributed by atoms with van der Waals surface area (Å²) >= 11 is 0. The highest BCUT2D eigenvalue weighted by molar-refractivity contribution is 5.74. The van der Waals surface area contributed by atoms with E-state index in [9.17, 15) is 9.59 Å². The number of esters is 2. The highest BCUT2D eigenvalue weighted by Crippen LogP contribution is 2.19. The summed E-state index contributed by atoms with van der Waals surface area (Å²) in [5.41, 5.74) is 1.34. The molecule has 0 unspecified atom stereocenters. The van der Waals surface area contributed by atoms with E-state index in [2.05, 4.69) is 9.47 Å². The molecule has 0 saturated carbocycles. The van der Waals surface area contributed by atoms with Crippen LogP contribution in [0.2, 0.25) is 0 Å². The Morgan fingerprint density at radius 1 is 1.00 bits per heavy atom. The highest BCUT2D eigenvalue weighted by Gasteiger charge is 2.10. The SMILES string of the molecule is COC(=O)Cc1cc(CC(=O)OC)cc(OCCO)c1. The zero-order chi connectivity index (χ0) is 15.0. The van der Waals surface area contributed by atoms with Gasteiger partial charge in [-0.05, 0) is 23.3 Å². The molecule has 0 bridgehead atoms. The molecule has 0 spiro atoms. The first-order valence-electron chi connectivity index (χ1n) is 6.09. The number of aliphatic hydroxyl groups excluding tert-OH is 1. The van der Waals surface area contributed by atoms with E-state index in [-0.39, 0.29) is 38.0 Å². The molecule has 0 aliphatic rings. The number of rotatable bonds is 7. The zero-order valence-electron chi connectivity index (χ0n) is 11.5. The number of hydrogen-bond donors (Lipinski definition) is 1. The van der Waals surface area contributed by atoms with E-state index in [4.69, 9.17) is 9.84 Å². The van der Waals surface area contributed by atoms with Crippen LogP contribution in [0.4, 0.5) is 0 Å². The highest BCUT2D eigenvalue weighted by atomic mass is 16.5. The maximum Gasteiger partial charge on any atom is 0.309 e. The minimum Gasteiger partial charge on any atom is -0.491 e. The maximum absolute atomic E-state index is 11.3. The summed E-state index contributed by atoms with van der Waals surface area (Å²) in [6, 6.07) is 5.07. The van der Waals surface area contributed by atoms with Gasteiger partial charge in [0.25, 0.3) is 0 Å². The summed E-state index contributed by atoms with van der Waals surface area (Å²) < 4.78 is 14.5. The van der Waals surface area contributed by atoms with Crippen LogP contribution >= 0.6 is 0 Å². The second-order valence-electron chi connectivity index (χ2n) is 4.06. The Bertz CT molecular complexity index is 432. The van der Waals surface area contributed by atoms with Crippen LogP contribution in [-0.4, -0.2) is 44.5 Å². The van der Waals surface area contributed by atoms with Gasteiger partial charge >= 0.3 is 11.9 Å². The predicted octanol–water partition coefficient (Wildman–Crippen LogP) is 0.489. The lowest BCUT2D eigenvalue weighted by molar-refractivity contribution is -0.140. The normalized spacial score (nSPS) is 9.95. The molecule has 110 valence electrons.